The molecule has 13 heteroatoms. The molecule has 6 rings (SSSR count). The second kappa shape index (κ2) is 10.6. The van der Waals surface area contributed by atoms with Crippen molar-refractivity contribution in [2.75, 3.05) is 13.1 Å². The van der Waals surface area contributed by atoms with Crippen LogP contribution >= 0.6 is 0 Å². The summed E-state index contributed by atoms with van der Waals surface area (Å²) in [7, 11) is 1.86. The van der Waals surface area contributed by atoms with Gasteiger partial charge in [0.1, 0.15) is 12.2 Å². The highest BCUT2D eigenvalue weighted by atomic mass is 19.4. The third-order valence-corrected chi connectivity index (χ3v) is 8.66. The molecule has 42 heavy (non-hydrogen) atoms. The molecule has 1 saturated heterocycles. The maximum absolute atomic E-state index is 14.2. The van der Waals surface area contributed by atoms with Crippen molar-refractivity contribution in [3.05, 3.63) is 82.1 Å². The van der Waals surface area contributed by atoms with Gasteiger partial charge in [0.2, 0.25) is 0 Å². The number of alkyl halides is 6. The molecule has 0 amide bonds. The number of aryl methyl sites for hydroxylation is 1. The average Bonchev–Trinajstić information content (AvgIpc) is 3.47. The van der Waals surface area contributed by atoms with E-state index in [4.69, 9.17) is 0 Å². The van der Waals surface area contributed by atoms with Gasteiger partial charge >= 0.3 is 18.0 Å². The van der Waals surface area contributed by atoms with E-state index < -0.39 is 29.5 Å². The molecule has 4 aromatic rings. The van der Waals surface area contributed by atoms with Gasteiger partial charge in [-0.1, -0.05) is 18.6 Å². The van der Waals surface area contributed by atoms with E-state index in [9.17, 15) is 31.1 Å². The minimum Gasteiger partial charge on any atom is -0.320 e. The molecule has 7 nitrogen and oxygen atoms in total. The van der Waals surface area contributed by atoms with E-state index in [0.717, 1.165) is 41.1 Å². The number of piperidine rings is 1. The lowest BCUT2D eigenvalue weighted by atomic mass is 9.72. The van der Waals surface area contributed by atoms with E-state index in [2.05, 4.69) is 10.2 Å². The van der Waals surface area contributed by atoms with Crippen molar-refractivity contribution >= 4 is 5.52 Å². The van der Waals surface area contributed by atoms with Crippen molar-refractivity contribution in [2.45, 2.75) is 56.9 Å². The lowest BCUT2D eigenvalue weighted by molar-refractivity contribution is -0.187. The first-order valence-corrected chi connectivity index (χ1v) is 14.0. The Bertz CT molecular complexity index is 1650. The number of pyridine rings is 1. The molecular weight excluding hydrogens is 562 g/mol. The lowest BCUT2D eigenvalue weighted by Gasteiger charge is -2.33. The SMILES string of the molecule is Cn1cnnc1[C@@H](c1cccc(-n2cc3c(C(F)(F)F)cc(CN4CCC[C@@H](C(F)(F)F)C4)cn3c2=O)c1)C1CCC1. The number of hydrogen-bond donors (Lipinski definition) is 0. The van der Waals surface area contributed by atoms with Gasteiger partial charge < -0.3 is 4.57 Å². The number of imidazole rings is 1. The summed E-state index contributed by atoms with van der Waals surface area (Å²) in [4.78, 5) is 15.1. The minimum atomic E-state index is -4.78. The van der Waals surface area contributed by atoms with E-state index in [0.29, 0.717) is 24.6 Å². The summed E-state index contributed by atoms with van der Waals surface area (Å²) < 4.78 is 86.6. The van der Waals surface area contributed by atoms with Gasteiger partial charge in [-0.05, 0) is 67.5 Å². The molecule has 4 heterocycles. The molecule has 2 aliphatic rings. The number of halogens is 6. The van der Waals surface area contributed by atoms with Crippen molar-refractivity contribution in [1.29, 1.82) is 0 Å². The van der Waals surface area contributed by atoms with Crippen LogP contribution in [-0.2, 0) is 19.8 Å². The van der Waals surface area contributed by atoms with E-state index in [1.807, 2.05) is 17.7 Å². The predicted octanol–water partition coefficient (Wildman–Crippen LogP) is 5.94. The Morgan fingerprint density at radius 1 is 1.02 bits per heavy atom. The van der Waals surface area contributed by atoms with E-state index in [1.165, 1.54) is 21.9 Å². The molecule has 0 radical (unpaired) electrons. The zero-order chi connectivity index (χ0) is 29.8. The average molecular weight is 593 g/mol. The van der Waals surface area contributed by atoms with Crippen LogP contribution in [0.2, 0.25) is 0 Å². The fourth-order valence-electron chi connectivity index (χ4n) is 6.32. The van der Waals surface area contributed by atoms with Gasteiger partial charge in [0.15, 0.2) is 0 Å². The third kappa shape index (κ3) is 5.34. The number of aromatic nitrogens is 5. The van der Waals surface area contributed by atoms with Gasteiger partial charge in [0.05, 0.1) is 22.7 Å². The normalized spacial score (nSPS) is 19.7. The quantitative estimate of drug-likeness (QED) is 0.260. The highest BCUT2D eigenvalue weighted by molar-refractivity contribution is 5.58. The Balaban J connectivity index is 1.39. The van der Waals surface area contributed by atoms with Crippen LogP contribution in [0, 0.1) is 11.8 Å². The van der Waals surface area contributed by atoms with Crippen LogP contribution in [0.25, 0.3) is 11.2 Å². The summed E-state index contributed by atoms with van der Waals surface area (Å²) in [6.45, 7) is -0.0822. The Hall–Kier alpha value is -3.61. The maximum Gasteiger partial charge on any atom is 0.418 e. The van der Waals surface area contributed by atoms with Crippen LogP contribution < -0.4 is 5.69 Å². The number of likely N-dealkylation sites (tertiary alicyclic amines) is 1. The van der Waals surface area contributed by atoms with Gasteiger partial charge in [-0.3, -0.25) is 13.9 Å². The second-order valence-corrected chi connectivity index (χ2v) is 11.5. The van der Waals surface area contributed by atoms with Crippen molar-refractivity contribution in [3.63, 3.8) is 0 Å². The Morgan fingerprint density at radius 3 is 2.45 bits per heavy atom. The topological polar surface area (TPSA) is 60.4 Å². The molecule has 224 valence electrons. The fraction of sp³-hybridized carbons (Fsp3) is 0.483. The van der Waals surface area contributed by atoms with Crippen LogP contribution in [-0.4, -0.2) is 47.9 Å². The van der Waals surface area contributed by atoms with Gasteiger partial charge in [0.25, 0.3) is 0 Å². The number of benzene rings is 1. The highest BCUT2D eigenvalue weighted by Crippen LogP contribution is 2.43. The lowest BCUT2D eigenvalue weighted by Crippen LogP contribution is -2.41. The first kappa shape index (κ1) is 28.5. The van der Waals surface area contributed by atoms with E-state index in [-0.39, 0.29) is 36.5 Å². The molecule has 1 aliphatic carbocycles. The van der Waals surface area contributed by atoms with Gasteiger partial charge in [0, 0.05) is 38.4 Å². The van der Waals surface area contributed by atoms with Crippen LogP contribution in [0.5, 0.6) is 0 Å². The van der Waals surface area contributed by atoms with E-state index >= 15 is 0 Å². The second-order valence-electron chi connectivity index (χ2n) is 11.5. The summed E-state index contributed by atoms with van der Waals surface area (Å²) in [6, 6.07) is 8.10. The summed E-state index contributed by atoms with van der Waals surface area (Å²) >= 11 is 0. The largest absolute Gasteiger partial charge is 0.418 e. The van der Waals surface area contributed by atoms with E-state index in [1.54, 1.807) is 24.5 Å². The molecule has 2 atom stereocenters. The summed E-state index contributed by atoms with van der Waals surface area (Å²) in [5.41, 5.74) is -0.609. The zero-order valence-electron chi connectivity index (χ0n) is 22.9. The molecule has 1 saturated carbocycles. The Morgan fingerprint density at radius 2 is 1.81 bits per heavy atom. The van der Waals surface area contributed by atoms with Crippen molar-refractivity contribution in [1.82, 2.24) is 28.6 Å². The van der Waals surface area contributed by atoms with Crippen LogP contribution in [0.1, 0.15) is 60.5 Å². The number of rotatable bonds is 6. The zero-order valence-corrected chi connectivity index (χ0v) is 22.9. The smallest absolute Gasteiger partial charge is 0.320 e. The fourth-order valence-corrected chi connectivity index (χ4v) is 6.32. The molecular formula is C29H30F6N6O. The van der Waals surface area contributed by atoms with Gasteiger partial charge in [-0.2, -0.15) is 26.3 Å². The summed E-state index contributed by atoms with van der Waals surface area (Å²) in [5, 5.41) is 8.33. The first-order valence-electron chi connectivity index (χ1n) is 14.0. The molecule has 0 bridgehead atoms. The molecule has 1 aromatic carbocycles. The third-order valence-electron chi connectivity index (χ3n) is 8.66. The molecule has 2 fully saturated rings. The first-order chi connectivity index (χ1) is 19.9. The molecule has 3 aromatic heterocycles. The molecule has 0 N–H and O–H groups in total. The van der Waals surface area contributed by atoms with Crippen LogP contribution in [0.15, 0.2) is 53.8 Å². The highest BCUT2D eigenvalue weighted by Gasteiger charge is 2.42. The van der Waals surface area contributed by atoms with Crippen molar-refractivity contribution in [3.8, 4) is 5.69 Å². The van der Waals surface area contributed by atoms with Gasteiger partial charge in [-0.15, -0.1) is 10.2 Å². The summed E-state index contributed by atoms with van der Waals surface area (Å²) in [6.07, 6.45) is -1.64. The monoisotopic (exact) mass is 592 g/mol. The Labute approximate surface area is 237 Å². The molecule has 1 aliphatic heterocycles. The van der Waals surface area contributed by atoms with Crippen molar-refractivity contribution < 1.29 is 26.3 Å². The van der Waals surface area contributed by atoms with Crippen molar-refractivity contribution in [2.24, 2.45) is 18.9 Å². The standard InChI is InChI=1S/C29H30F6N6O/c1-38-17-36-37-26(38)25(19-5-2-6-19)20-7-3-9-22(12-20)40-16-24-23(29(33,34)35)11-18(14-41(24)27(40)42)13-39-10-4-8-21(15-39)28(30,31)32/h3,7,9,11-12,14,16-17,19,21,25H,2,4-6,8,10,13,15H2,1H3/t21-,25-/m1/s1. The number of fused-ring (bicyclic) bond motifs is 1. The summed E-state index contributed by atoms with van der Waals surface area (Å²) in [5.74, 6) is -0.500. The Kier molecular flexibility index (Phi) is 7.19. The number of nitrogens with zero attached hydrogens (tertiary/aromatic N) is 6. The number of hydrogen-bond acceptors (Lipinski definition) is 4. The van der Waals surface area contributed by atoms with Gasteiger partial charge in [-0.25, -0.2) is 4.79 Å². The maximum atomic E-state index is 14.2. The van der Waals surface area contributed by atoms with Crippen LogP contribution in [0.4, 0.5) is 26.3 Å². The molecule has 0 unspecified atom stereocenters. The molecule has 0 spiro atoms. The van der Waals surface area contributed by atoms with Crippen LogP contribution in [0.3, 0.4) is 0 Å². The predicted molar refractivity (Wildman–Crippen MR) is 142 cm³/mol. The minimum absolute atomic E-state index is 0.00747.